The Morgan fingerprint density at radius 3 is 2.72 bits per heavy atom. The van der Waals surface area contributed by atoms with Crippen LogP contribution >= 0.6 is 0 Å². The van der Waals surface area contributed by atoms with Crippen molar-refractivity contribution in [2.45, 2.75) is 13.8 Å². The third-order valence-electron chi connectivity index (χ3n) is 2.85. The van der Waals surface area contributed by atoms with Gasteiger partial charge in [0.25, 0.3) is 0 Å². The zero-order valence-corrected chi connectivity index (χ0v) is 10.4. The Kier molecular flexibility index (Phi) is 2.52. The highest BCUT2D eigenvalue weighted by Crippen LogP contribution is 2.21. The molecule has 0 amide bonds. The van der Waals surface area contributed by atoms with Gasteiger partial charge in [0.15, 0.2) is 0 Å². The van der Waals surface area contributed by atoms with Crippen molar-refractivity contribution in [3.05, 3.63) is 54.0 Å². The SMILES string of the molecule is Cc1ccc2nc(Nc3coc(C)c3)ccc2c1. The van der Waals surface area contributed by atoms with Gasteiger partial charge in [-0.25, -0.2) is 4.98 Å². The first kappa shape index (κ1) is 10.8. The number of furan rings is 1. The first-order chi connectivity index (χ1) is 8.70. The lowest BCUT2D eigenvalue weighted by molar-refractivity contribution is 0.535. The van der Waals surface area contributed by atoms with Crippen LogP contribution in [0.5, 0.6) is 0 Å². The highest BCUT2D eigenvalue weighted by Gasteiger charge is 2.01. The maximum atomic E-state index is 5.25. The van der Waals surface area contributed by atoms with E-state index in [0.717, 1.165) is 28.2 Å². The molecule has 2 aromatic heterocycles. The molecule has 0 unspecified atom stereocenters. The first-order valence-electron chi connectivity index (χ1n) is 5.90. The van der Waals surface area contributed by atoms with Crippen LogP contribution in [0.2, 0.25) is 0 Å². The van der Waals surface area contributed by atoms with Crippen LogP contribution in [-0.2, 0) is 0 Å². The summed E-state index contributed by atoms with van der Waals surface area (Å²) >= 11 is 0. The molecule has 0 spiro atoms. The predicted octanol–water partition coefficient (Wildman–Crippen LogP) is 4.19. The van der Waals surface area contributed by atoms with Gasteiger partial charge >= 0.3 is 0 Å². The third-order valence-corrected chi connectivity index (χ3v) is 2.85. The number of fused-ring (bicyclic) bond motifs is 1. The van der Waals surface area contributed by atoms with Crippen LogP contribution in [0, 0.1) is 13.8 Å². The lowest BCUT2D eigenvalue weighted by Gasteiger charge is -2.04. The van der Waals surface area contributed by atoms with Crippen molar-refractivity contribution in [3.8, 4) is 0 Å². The molecule has 18 heavy (non-hydrogen) atoms. The Morgan fingerprint density at radius 2 is 1.94 bits per heavy atom. The number of aromatic nitrogens is 1. The van der Waals surface area contributed by atoms with Gasteiger partial charge in [-0.2, -0.15) is 0 Å². The quantitative estimate of drug-likeness (QED) is 0.727. The number of nitrogens with zero attached hydrogens (tertiary/aromatic N) is 1. The molecular weight excluding hydrogens is 224 g/mol. The number of aryl methyl sites for hydroxylation is 2. The summed E-state index contributed by atoms with van der Waals surface area (Å²) < 4.78 is 5.25. The summed E-state index contributed by atoms with van der Waals surface area (Å²) in [5.74, 6) is 1.71. The summed E-state index contributed by atoms with van der Waals surface area (Å²) in [5.41, 5.74) is 3.16. The fraction of sp³-hybridized carbons (Fsp3) is 0.133. The zero-order valence-electron chi connectivity index (χ0n) is 10.4. The largest absolute Gasteiger partial charge is 0.467 e. The summed E-state index contributed by atoms with van der Waals surface area (Å²) in [7, 11) is 0. The molecule has 1 aromatic carbocycles. The summed E-state index contributed by atoms with van der Waals surface area (Å²) in [5, 5.41) is 4.38. The fourth-order valence-corrected chi connectivity index (χ4v) is 1.97. The van der Waals surface area contributed by atoms with Gasteiger partial charge in [-0.15, -0.1) is 0 Å². The van der Waals surface area contributed by atoms with Crippen molar-refractivity contribution in [2.75, 3.05) is 5.32 Å². The number of rotatable bonds is 2. The summed E-state index contributed by atoms with van der Waals surface area (Å²) in [4.78, 5) is 4.57. The van der Waals surface area contributed by atoms with E-state index in [1.807, 2.05) is 25.1 Å². The van der Waals surface area contributed by atoms with E-state index >= 15 is 0 Å². The molecule has 3 aromatic rings. The lowest BCUT2D eigenvalue weighted by atomic mass is 10.1. The van der Waals surface area contributed by atoms with E-state index in [9.17, 15) is 0 Å². The molecule has 0 atom stereocenters. The zero-order chi connectivity index (χ0) is 12.5. The van der Waals surface area contributed by atoms with Crippen LogP contribution in [0.3, 0.4) is 0 Å². The minimum Gasteiger partial charge on any atom is -0.467 e. The Balaban J connectivity index is 1.96. The van der Waals surface area contributed by atoms with E-state index in [4.69, 9.17) is 4.42 Å². The van der Waals surface area contributed by atoms with Crippen molar-refractivity contribution in [1.82, 2.24) is 4.98 Å². The smallest absolute Gasteiger partial charge is 0.131 e. The molecule has 0 fully saturated rings. The normalized spacial score (nSPS) is 10.8. The molecule has 3 rings (SSSR count). The maximum absolute atomic E-state index is 5.25. The maximum Gasteiger partial charge on any atom is 0.131 e. The van der Waals surface area contributed by atoms with E-state index in [2.05, 4.69) is 35.4 Å². The molecule has 90 valence electrons. The number of nitrogens with one attached hydrogen (secondary N) is 1. The molecule has 0 saturated heterocycles. The van der Waals surface area contributed by atoms with E-state index < -0.39 is 0 Å². The second-order valence-corrected chi connectivity index (χ2v) is 4.46. The summed E-state index contributed by atoms with van der Waals surface area (Å²) in [6, 6.07) is 12.2. The van der Waals surface area contributed by atoms with Gasteiger partial charge in [0, 0.05) is 11.5 Å². The van der Waals surface area contributed by atoms with Gasteiger partial charge in [-0.1, -0.05) is 11.6 Å². The second kappa shape index (κ2) is 4.18. The Hall–Kier alpha value is -2.29. The Morgan fingerprint density at radius 1 is 1.06 bits per heavy atom. The Bertz CT molecular complexity index is 701. The minimum atomic E-state index is 0.826. The molecule has 2 heterocycles. The van der Waals surface area contributed by atoms with Crippen LogP contribution in [-0.4, -0.2) is 4.98 Å². The third kappa shape index (κ3) is 2.07. The van der Waals surface area contributed by atoms with Crippen molar-refractivity contribution < 1.29 is 4.42 Å². The van der Waals surface area contributed by atoms with Crippen LogP contribution in [0.15, 0.2) is 47.1 Å². The highest BCUT2D eigenvalue weighted by molar-refractivity contribution is 5.81. The molecule has 0 aliphatic heterocycles. The van der Waals surface area contributed by atoms with E-state index in [1.54, 1.807) is 6.26 Å². The summed E-state index contributed by atoms with van der Waals surface area (Å²) in [6.45, 7) is 4.00. The molecule has 0 saturated carbocycles. The topological polar surface area (TPSA) is 38.1 Å². The molecule has 0 bridgehead atoms. The first-order valence-corrected chi connectivity index (χ1v) is 5.90. The molecule has 0 aliphatic rings. The van der Waals surface area contributed by atoms with E-state index in [1.165, 1.54) is 5.56 Å². The number of benzene rings is 1. The van der Waals surface area contributed by atoms with Gasteiger partial charge in [-0.3, -0.25) is 0 Å². The van der Waals surface area contributed by atoms with Gasteiger partial charge in [0.1, 0.15) is 17.8 Å². The monoisotopic (exact) mass is 238 g/mol. The van der Waals surface area contributed by atoms with Crippen LogP contribution in [0.25, 0.3) is 10.9 Å². The molecule has 0 radical (unpaired) electrons. The average molecular weight is 238 g/mol. The fourth-order valence-electron chi connectivity index (χ4n) is 1.97. The molecule has 3 heteroatoms. The second-order valence-electron chi connectivity index (χ2n) is 4.46. The van der Waals surface area contributed by atoms with Crippen LogP contribution in [0.4, 0.5) is 11.5 Å². The minimum absolute atomic E-state index is 0.826. The lowest BCUT2D eigenvalue weighted by Crippen LogP contribution is -1.92. The van der Waals surface area contributed by atoms with Gasteiger partial charge in [0.2, 0.25) is 0 Å². The number of pyridine rings is 1. The number of anilines is 2. The van der Waals surface area contributed by atoms with Crippen molar-refractivity contribution in [2.24, 2.45) is 0 Å². The van der Waals surface area contributed by atoms with Gasteiger partial charge < -0.3 is 9.73 Å². The van der Waals surface area contributed by atoms with Crippen molar-refractivity contribution in [3.63, 3.8) is 0 Å². The van der Waals surface area contributed by atoms with Crippen LogP contribution in [0.1, 0.15) is 11.3 Å². The molecule has 0 aliphatic carbocycles. The molecular formula is C15H14N2O. The summed E-state index contributed by atoms with van der Waals surface area (Å²) in [6.07, 6.45) is 1.69. The van der Waals surface area contributed by atoms with E-state index in [-0.39, 0.29) is 0 Å². The highest BCUT2D eigenvalue weighted by atomic mass is 16.3. The van der Waals surface area contributed by atoms with Crippen molar-refractivity contribution in [1.29, 1.82) is 0 Å². The van der Waals surface area contributed by atoms with E-state index in [0.29, 0.717) is 0 Å². The molecule has 3 nitrogen and oxygen atoms in total. The Labute approximate surface area is 105 Å². The standard InChI is InChI=1S/C15H14N2O/c1-10-3-5-14-12(7-10)4-6-15(17-14)16-13-8-11(2)18-9-13/h3-9H,1-2H3,(H,16,17). The average Bonchev–Trinajstić information content (AvgIpc) is 2.75. The number of hydrogen-bond donors (Lipinski definition) is 1. The van der Waals surface area contributed by atoms with Gasteiger partial charge in [-0.05, 0) is 38.1 Å². The predicted molar refractivity (Wildman–Crippen MR) is 73.2 cm³/mol. The molecule has 1 N–H and O–H groups in total. The van der Waals surface area contributed by atoms with Crippen LogP contribution < -0.4 is 5.32 Å². The van der Waals surface area contributed by atoms with Crippen molar-refractivity contribution >= 4 is 22.4 Å². The number of hydrogen-bond acceptors (Lipinski definition) is 3. The van der Waals surface area contributed by atoms with Gasteiger partial charge in [0.05, 0.1) is 11.2 Å².